The van der Waals surface area contributed by atoms with Crippen molar-refractivity contribution in [3.63, 3.8) is 0 Å². The summed E-state index contributed by atoms with van der Waals surface area (Å²) < 4.78 is 1.72. The molecule has 3 aromatic rings. The number of rotatable bonds is 8. The molecule has 0 aliphatic rings. The summed E-state index contributed by atoms with van der Waals surface area (Å²) in [5, 5.41) is 11.2. The third kappa shape index (κ3) is 4.79. The van der Waals surface area contributed by atoms with Crippen LogP contribution in [0.25, 0.3) is 0 Å². The molecule has 134 valence electrons. The second-order valence-corrected chi connectivity index (χ2v) is 6.33. The molecule has 0 unspecified atom stereocenters. The maximum atomic E-state index is 12.6. The zero-order valence-corrected chi connectivity index (χ0v) is 15.0. The van der Waals surface area contributed by atoms with E-state index in [0.29, 0.717) is 12.2 Å². The first-order valence-corrected chi connectivity index (χ1v) is 9.06. The minimum Gasteiger partial charge on any atom is -0.344 e. The summed E-state index contributed by atoms with van der Waals surface area (Å²) in [6, 6.07) is 20.2. The van der Waals surface area contributed by atoms with Gasteiger partial charge in [-0.3, -0.25) is 9.48 Å². The van der Waals surface area contributed by atoms with Gasteiger partial charge in [-0.2, -0.15) is 0 Å². The van der Waals surface area contributed by atoms with Gasteiger partial charge in [0.05, 0.1) is 12.2 Å². The average molecular weight is 348 g/mol. The second kappa shape index (κ2) is 8.94. The summed E-state index contributed by atoms with van der Waals surface area (Å²) in [6.07, 6.45) is 4.45. The monoisotopic (exact) mass is 348 g/mol. The molecule has 0 fully saturated rings. The molecule has 26 heavy (non-hydrogen) atoms. The largest absolute Gasteiger partial charge is 0.344 e. The molecule has 5 heteroatoms. The Bertz CT molecular complexity index is 814. The quantitative estimate of drug-likeness (QED) is 0.674. The Morgan fingerprint density at radius 1 is 1.08 bits per heavy atom. The molecule has 2 aromatic carbocycles. The molecule has 0 radical (unpaired) electrons. The average Bonchev–Trinajstić information content (AvgIpc) is 3.17. The molecule has 3 rings (SSSR count). The number of benzene rings is 2. The Hall–Kier alpha value is -2.95. The normalized spacial score (nSPS) is 11.9. The smallest absolute Gasteiger partial charge is 0.273 e. The lowest BCUT2D eigenvalue weighted by molar-refractivity contribution is 0.0929. The first-order chi connectivity index (χ1) is 12.8. The summed E-state index contributed by atoms with van der Waals surface area (Å²) in [6.45, 7) is 2.81. The van der Waals surface area contributed by atoms with Crippen LogP contribution in [-0.2, 0) is 13.0 Å². The Balaban J connectivity index is 1.61. The van der Waals surface area contributed by atoms with Gasteiger partial charge in [-0.1, -0.05) is 79.2 Å². The van der Waals surface area contributed by atoms with Gasteiger partial charge in [0.1, 0.15) is 0 Å². The third-order valence-corrected chi connectivity index (χ3v) is 4.33. The van der Waals surface area contributed by atoms with Crippen LogP contribution in [-0.4, -0.2) is 20.9 Å². The van der Waals surface area contributed by atoms with Crippen LogP contribution in [0.1, 0.15) is 47.4 Å². The van der Waals surface area contributed by atoms with E-state index in [-0.39, 0.29) is 11.9 Å². The van der Waals surface area contributed by atoms with E-state index in [1.807, 2.05) is 48.5 Å². The number of aryl methyl sites for hydroxylation is 2. The van der Waals surface area contributed by atoms with Gasteiger partial charge in [-0.25, -0.2) is 0 Å². The fourth-order valence-corrected chi connectivity index (χ4v) is 2.93. The predicted molar refractivity (Wildman–Crippen MR) is 102 cm³/mol. The van der Waals surface area contributed by atoms with E-state index in [4.69, 9.17) is 0 Å². The molecule has 1 amide bonds. The molecule has 0 spiro atoms. The van der Waals surface area contributed by atoms with Crippen LogP contribution < -0.4 is 5.32 Å². The highest BCUT2D eigenvalue weighted by molar-refractivity contribution is 5.92. The van der Waals surface area contributed by atoms with Gasteiger partial charge in [-0.15, -0.1) is 5.10 Å². The van der Waals surface area contributed by atoms with Crippen molar-refractivity contribution in [3.05, 3.63) is 83.7 Å². The number of nitrogens with one attached hydrogen (secondary N) is 1. The van der Waals surface area contributed by atoms with Crippen LogP contribution in [0.3, 0.4) is 0 Å². The Morgan fingerprint density at radius 3 is 2.46 bits per heavy atom. The van der Waals surface area contributed by atoms with Crippen molar-refractivity contribution in [2.45, 2.75) is 38.8 Å². The molecular weight excluding hydrogens is 324 g/mol. The first kappa shape index (κ1) is 17.9. The molecule has 1 atom stereocenters. The van der Waals surface area contributed by atoms with Crippen molar-refractivity contribution in [1.29, 1.82) is 0 Å². The van der Waals surface area contributed by atoms with E-state index in [1.165, 1.54) is 5.56 Å². The van der Waals surface area contributed by atoms with Crippen molar-refractivity contribution in [2.24, 2.45) is 0 Å². The minimum atomic E-state index is -0.182. The topological polar surface area (TPSA) is 59.8 Å². The Morgan fingerprint density at radius 2 is 1.77 bits per heavy atom. The fourth-order valence-electron chi connectivity index (χ4n) is 2.93. The van der Waals surface area contributed by atoms with Gasteiger partial charge in [0.25, 0.3) is 5.91 Å². The zero-order chi connectivity index (χ0) is 18.2. The number of carbonyl (C=O) groups is 1. The van der Waals surface area contributed by atoms with E-state index >= 15 is 0 Å². The molecule has 1 N–H and O–H groups in total. The van der Waals surface area contributed by atoms with Crippen LogP contribution in [0.15, 0.2) is 66.9 Å². The summed E-state index contributed by atoms with van der Waals surface area (Å²) in [4.78, 5) is 12.6. The number of hydrogen-bond acceptors (Lipinski definition) is 3. The molecular formula is C21H24N4O. The number of amides is 1. The van der Waals surface area contributed by atoms with Crippen LogP contribution in [0, 0.1) is 0 Å². The zero-order valence-electron chi connectivity index (χ0n) is 15.0. The van der Waals surface area contributed by atoms with Crippen molar-refractivity contribution in [2.75, 3.05) is 0 Å². The lowest BCUT2D eigenvalue weighted by Gasteiger charge is -2.17. The van der Waals surface area contributed by atoms with E-state index < -0.39 is 0 Å². The molecule has 0 aliphatic heterocycles. The lowest BCUT2D eigenvalue weighted by atomic mass is 10.0. The predicted octanol–water partition coefficient (Wildman–Crippen LogP) is 3.79. The fraction of sp³-hybridized carbons (Fsp3) is 0.286. The highest BCUT2D eigenvalue weighted by atomic mass is 16.2. The Kier molecular flexibility index (Phi) is 6.14. The lowest BCUT2D eigenvalue weighted by Crippen LogP contribution is -2.28. The maximum absolute atomic E-state index is 12.6. The van der Waals surface area contributed by atoms with Crippen LogP contribution in [0.5, 0.6) is 0 Å². The van der Waals surface area contributed by atoms with Gasteiger partial charge >= 0.3 is 0 Å². The SMILES string of the molecule is CCC[C@H](NC(=O)c1cn(CCc2ccccc2)nn1)c1ccccc1. The van der Waals surface area contributed by atoms with Gasteiger partial charge in [-0.05, 0) is 24.0 Å². The molecule has 0 saturated heterocycles. The number of nitrogens with zero attached hydrogens (tertiary/aromatic N) is 3. The molecule has 0 bridgehead atoms. The number of carbonyl (C=O) groups excluding carboxylic acids is 1. The molecule has 0 aliphatic carbocycles. The van der Waals surface area contributed by atoms with Crippen LogP contribution in [0.4, 0.5) is 0 Å². The van der Waals surface area contributed by atoms with Gasteiger partial charge in [0, 0.05) is 6.54 Å². The van der Waals surface area contributed by atoms with E-state index in [2.05, 4.69) is 34.7 Å². The van der Waals surface area contributed by atoms with Crippen LogP contribution >= 0.6 is 0 Å². The Labute approximate surface area is 154 Å². The standard InChI is InChI=1S/C21H24N4O/c1-2-9-19(18-12-7-4-8-13-18)22-21(26)20-16-25(24-23-20)15-14-17-10-5-3-6-11-17/h3-8,10-13,16,19H,2,9,14-15H2,1H3,(H,22,26)/t19-/m0/s1. The molecule has 1 aromatic heterocycles. The van der Waals surface area contributed by atoms with Crippen molar-refractivity contribution in [3.8, 4) is 0 Å². The first-order valence-electron chi connectivity index (χ1n) is 9.06. The minimum absolute atomic E-state index is 0.0110. The van der Waals surface area contributed by atoms with Gasteiger partial charge in [0.15, 0.2) is 5.69 Å². The van der Waals surface area contributed by atoms with Gasteiger partial charge in [0.2, 0.25) is 0 Å². The van der Waals surface area contributed by atoms with Crippen molar-refractivity contribution in [1.82, 2.24) is 20.3 Å². The van der Waals surface area contributed by atoms with Crippen LogP contribution in [0.2, 0.25) is 0 Å². The summed E-state index contributed by atoms with van der Waals surface area (Å²) >= 11 is 0. The molecule has 0 saturated carbocycles. The van der Waals surface area contributed by atoms with E-state index in [9.17, 15) is 4.79 Å². The van der Waals surface area contributed by atoms with E-state index in [1.54, 1.807) is 10.9 Å². The third-order valence-electron chi connectivity index (χ3n) is 4.33. The second-order valence-electron chi connectivity index (χ2n) is 6.33. The highest BCUT2D eigenvalue weighted by Gasteiger charge is 2.17. The van der Waals surface area contributed by atoms with E-state index in [0.717, 1.165) is 24.8 Å². The van der Waals surface area contributed by atoms with Crippen molar-refractivity contribution < 1.29 is 4.79 Å². The summed E-state index contributed by atoms with van der Waals surface area (Å²) in [5.41, 5.74) is 2.70. The molecule has 5 nitrogen and oxygen atoms in total. The maximum Gasteiger partial charge on any atom is 0.273 e. The summed E-state index contributed by atoms with van der Waals surface area (Å²) in [7, 11) is 0. The number of aromatic nitrogens is 3. The van der Waals surface area contributed by atoms with Crippen molar-refractivity contribution >= 4 is 5.91 Å². The molecule has 1 heterocycles. The summed E-state index contributed by atoms with van der Waals surface area (Å²) in [5.74, 6) is -0.182. The number of hydrogen-bond donors (Lipinski definition) is 1. The van der Waals surface area contributed by atoms with Gasteiger partial charge < -0.3 is 5.32 Å². The highest BCUT2D eigenvalue weighted by Crippen LogP contribution is 2.18.